The van der Waals surface area contributed by atoms with Gasteiger partial charge in [0.15, 0.2) is 5.82 Å². The first-order valence-electron chi connectivity index (χ1n) is 7.16. The van der Waals surface area contributed by atoms with Gasteiger partial charge in [-0.2, -0.15) is 0 Å². The smallest absolute Gasteiger partial charge is 0.158 e. The van der Waals surface area contributed by atoms with Gasteiger partial charge in [-0.1, -0.05) is 12.8 Å². The minimum atomic E-state index is 0.411. The summed E-state index contributed by atoms with van der Waals surface area (Å²) in [6.45, 7) is 5.23. The number of nitrogen functional groups attached to an aromatic ring is 1. The van der Waals surface area contributed by atoms with E-state index in [4.69, 9.17) is 10.5 Å². The van der Waals surface area contributed by atoms with Crippen molar-refractivity contribution in [2.45, 2.75) is 52.2 Å². The lowest BCUT2D eigenvalue weighted by Crippen LogP contribution is -2.24. The predicted octanol–water partition coefficient (Wildman–Crippen LogP) is 2.59. The van der Waals surface area contributed by atoms with Crippen molar-refractivity contribution in [3.63, 3.8) is 0 Å². The molecule has 19 heavy (non-hydrogen) atoms. The van der Waals surface area contributed by atoms with E-state index in [1.807, 2.05) is 6.92 Å². The monoisotopic (exact) mass is 264 g/mol. The van der Waals surface area contributed by atoms with Crippen LogP contribution in [0.4, 0.5) is 11.6 Å². The molecule has 0 radical (unpaired) electrons. The Hall–Kier alpha value is -1.36. The maximum absolute atomic E-state index is 5.81. The molecule has 5 nitrogen and oxygen atoms in total. The molecule has 1 aromatic heterocycles. The number of ether oxygens (including phenoxy) is 1. The third kappa shape index (κ3) is 4.06. The molecule has 0 spiro atoms. The van der Waals surface area contributed by atoms with Crippen LogP contribution in [0.15, 0.2) is 6.07 Å². The molecule has 0 amide bonds. The number of nitrogens with two attached hydrogens (primary N) is 1. The van der Waals surface area contributed by atoms with E-state index in [0.29, 0.717) is 30.9 Å². The van der Waals surface area contributed by atoms with Crippen molar-refractivity contribution in [1.82, 2.24) is 9.97 Å². The number of aromatic nitrogens is 2. The van der Waals surface area contributed by atoms with Gasteiger partial charge in [0.2, 0.25) is 0 Å². The Morgan fingerprint density at radius 1 is 1.42 bits per heavy atom. The molecular weight excluding hydrogens is 240 g/mol. The van der Waals surface area contributed by atoms with Crippen molar-refractivity contribution in [1.29, 1.82) is 0 Å². The summed E-state index contributed by atoms with van der Waals surface area (Å²) in [7, 11) is 0. The number of nitrogens with one attached hydrogen (secondary N) is 1. The van der Waals surface area contributed by atoms with Crippen LogP contribution in [0.2, 0.25) is 0 Å². The zero-order chi connectivity index (χ0) is 13.7. The fraction of sp³-hybridized carbons (Fsp3) is 0.714. The highest BCUT2D eigenvalue weighted by molar-refractivity contribution is 5.45. The quantitative estimate of drug-likeness (QED) is 0.826. The van der Waals surface area contributed by atoms with Crippen LogP contribution in [0.5, 0.6) is 0 Å². The first-order chi connectivity index (χ1) is 9.19. The van der Waals surface area contributed by atoms with E-state index in [1.54, 1.807) is 6.07 Å². The van der Waals surface area contributed by atoms with Crippen LogP contribution < -0.4 is 11.1 Å². The van der Waals surface area contributed by atoms with E-state index in [2.05, 4.69) is 22.2 Å². The van der Waals surface area contributed by atoms with Crippen LogP contribution >= 0.6 is 0 Å². The number of rotatable bonds is 6. The molecule has 3 N–H and O–H groups in total. The number of hydrogen-bond donors (Lipinski definition) is 2. The number of anilines is 2. The van der Waals surface area contributed by atoms with Crippen LogP contribution in [0.3, 0.4) is 0 Å². The molecular formula is C14H24N4O. The van der Waals surface area contributed by atoms with Crippen molar-refractivity contribution in [2.24, 2.45) is 5.92 Å². The Kier molecular flexibility index (Phi) is 4.96. The van der Waals surface area contributed by atoms with E-state index in [9.17, 15) is 0 Å². The van der Waals surface area contributed by atoms with Gasteiger partial charge >= 0.3 is 0 Å². The molecule has 106 valence electrons. The van der Waals surface area contributed by atoms with Gasteiger partial charge in [-0.3, -0.25) is 0 Å². The van der Waals surface area contributed by atoms with Crippen molar-refractivity contribution >= 4 is 11.6 Å². The Balaban J connectivity index is 2.00. The summed E-state index contributed by atoms with van der Waals surface area (Å²) in [5, 5.41) is 3.45. The van der Waals surface area contributed by atoms with Crippen LogP contribution in [-0.4, -0.2) is 22.6 Å². The highest BCUT2D eigenvalue weighted by atomic mass is 16.5. The summed E-state index contributed by atoms with van der Waals surface area (Å²) >= 11 is 0. The van der Waals surface area contributed by atoms with Gasteiger partial charge in [-0.25, -0.2) is 9.97 Å². The van der Waals surface area contributed by atoms with Crippen LogP contribution in [0.1, 0.15) is 45.4 Å². The lowest BCUT2D eigenvalue weighted by atomic mass is 10.00. The summed E-state index contributed by atoms with van der Waals surface area (Å²) < 4.78 is 5.33. The molecule has 0 aliphatic heterocycles. The largest absolute Gasteiger partial charge is 0.384 e. The van der Waals surface area contributed by atoms with Crippen molar-refractivity contribution in [3.8, 4) is 0 Å². The number of hydrogen-bond acceptors (Lipinski definition) is 5. The molecule has 0 bridgehead atoms. The molecule has 1 atom stereocenters. The standard InChI is InChI=1S/C14H24N4O/c1-3-19-9-14-17-12(15)8-13(18-14)16-10(2)11-6-4-5-7-11/h8,10-11H,3-7,9H2,1-2H3,(H3,15,16,17,18). The molecule has 1 fully saturated rings. The molecule has 1 aliphatic rings. The zero-order valence-electron chi connectivity index (χ0n) is 11.9. The van der Waals surface area contributed by atoms with E-state index in [-0.39, 0.29) is 0 Å². The third-order valence-corrected chi connectivity index (χ3v) is 3.71. The maximum Gasteiger partial charge on any atom is 0.158 e. The molecule has 0 aromatic carbocycles. The first-order valence-corrected chi connectivity index (χ1v) is 7.16. The maximum atomic E-state index is 5.81. The Labute approximate surface area is 115 Å². The third-order valence-electron chi connectivity index (χ3n) is 3.71. The normalized spacial score (nSPS) is 17.6. The zero-order valence-corrected chi connectivity index (χ0v) is 11.9. The summed E-state index contributed by atoms with van der Waals surface area (Å²) in [4.78, 5) is 8.63. The molecule has 2 rings (SSSR count). The lowest BCUT2D eigenvalue weighted by molar-refractivity contribution is 0.128. The van der Waals surface area contributed by atoms with E-state index in [0.717, 1.165) is 11.7 Å². The van der Waals surface area contributed by atoms with Crippen molar-refractivity contribution in [3.05, 3.63) is 11.9 Å². The Morgan fingerprint density at radius 2 is 2.16 bits per heavy atom. The molecule has 1 heterocycles. The van der Waals surface area contributed by atoms with Gasteiger partial charge in [0.05, 0.1) is 0 Å². The average molecular weight is 264 g/mol. The van der Waals surface area contributed by atoms with Crippen LogP contribution in [0.25, 0.3) is 0 Å². The average Bonchev–Trinajstić information content (AvgIpc) is 2.89. The molecule has 1 saturated carbocycles. The summed E-state index contributed by atoms with van der Waals surface area (Å²) in [5.74, 6) is 2.68. The summed E-state index contributed by atoms with van der Waals surface area (Å²) in [6, 6.07) is 2.22. The predicted molar refractivity (Wildman–Crippen MR) is 76.8 cm³/mol. The van der Waals surface area contributed by atoms with Gasteiger partial charge < -0.3 is 15.8 Å². The van der Waals surface area contributed by atoms with Gasteiger partial charge in [-0.05, 0) is 32.6 Å². The highest BCUT2D eigenvalue weighted by Gasteiger charge is 2.21. The second-order valence-corrected chi connectivity index (χ2v) is 5.21. The minimum Gasteiger partial charge on any atom is -0.384 e. The van der Waals surface area contributed by atoms with Crippen LogP contribution in [-0.2, 0) is 11.3 Å². The van der Waals surface area contributed by atoms with Gasteiger partial charge in [0.25, 0.3) is 0 Å². The van der Waals surface area contributed by atoms with Crippen molar-refractivity contribution < 1.29 is 4.74 Å². The van der Waals surface area contributed by atoms with Gasteiger partial charge in [0, 0.05) is 18.7 Å². The minimum absolute atomic E-state index is 0.411. The molecule has 1 unspecified atom stereocenters. The first kappa shape index (κ1) is 14.1. The van der Waals surface area contributed by atoms with E-state index < -0.39 is 0 Å². The van der Waals surface area contributed by atoms with Crippen LogP contribution in [0, 0.1) is 5.92 Å². The van der Waals surface area contributed by atoms with Gasteiger partial charge in [0.1, 0.15) is 18.2 Å². The lowest BCUT2D eigenvalue weighted by Gasteiger charge is -2.21. The van der Waals surface area contributed by atoms with E-state index in [1.165, 1.54) is 25.7 Å². The second-order valence-electron chi connectivity index (χ2n) is 5.21. The highest BCUT2D eigenvalue weighted by Crippen LogP contribution is 2.29. The fourth-order valence-corrected chi connectivity index (χ4v) is 2.66. The molecule has 1 aromatic rings. The Bertz CT molecular complexity index is 404. The molecule has 5 heteroatoms. The van der Waals surface area contributed by atoms with E-state index >= 15 is 0 Å². The summed E-state index contributed by atoms with van der Waals surface area (Å²) in [6.07, 6.45) is 5.30. The van der Waals surface area contributed by atoms with Crippen molar-refractivity contribution in [2.75, 3.05) is 17.7 Å². The fourth-order valence-electron chi connectivity index (χ4n) is 2.66. The summed E-state index contributed by atoms with van der Waals surface area (Å²) in [5.41, 5.74) is 5.81. The molecule has 1 aliphatic carbocycles. The topological polar surface area (TPSA) is 73.1 Å². The second kappa shape index (κ2) is 6.70. The SMILES string of the molecule is CCOCc1nc(N)cc(NC(C)C2CCCC2)n1. The number of nitrogens with zero attached hydrogens (tertiary/aromatic N) is 2. The molecule has 0 saturated heterocycles. The Morgan fingerprint density at radius 3 is 2.84 bits per heavy atom. The van der Waals surface area contributed by atoms with Gasteiger partial charge in [-0.15, -0.1) is 0 Å².